The van der Waals surface area contributed by atoms with Crippen LogP contribution in [0.25, 0.3) is 12.2 Å². The van der Waals surface area contributed by atoms with Crippen LogP contribution in [-0.4, -0.2) is 45.4 Å². The van der Waals surface area contributed by atoms with Gasteiger partial charge in [-0.3, -0.25) is 4.79 Å². The maximum absolute atomic E-state index is 14.1. The number of halogens is 4. The normalized spacial score (nSPS) is 11.2. The lowest BCUT2D eigenvalue weighted by atomic mass is 10.1. The van der Waals surface area contributed by atoms with Crippen molar-refractivity contribution in [2.45, 2.75) is 65.2 Å². The number of ketones is 1. The molecule has 0 bridgehead atoms. The fourth-order valence-electron chi connectivity index (χ4n) is 5.49. The zero-order valence-corrected chi connectivity index (χ0v) is 32.0. The average Bonchev–Trinajstić information content (AvgIpc) is 3.20. The number of benzene rings is 4. The van der Waals surface area contributed by atoms with Gasteiger partial charge in [0.25, 0.3) is 0 Å². The Kier molecular flexibility index (Phi) is 18.7. The molecule has 0 fully saturated rings. The third kappa shape index (κ3) is 14.7. The summed E-state index contributed by atoms with van der Waals surface area (Å²) in [6.07, 6.45) is 13.4. The van der Waals surface area contributed by atoms with Gasteiger partial charge in [0, 0.05) is 12.8 Å². The largest absolute Gasteiger partial charge is 0.494 e. The summed E-state index contributed by atoms with van der Waals surface area (Å²) in [5, 5.41) is 0. The molecule has 0 saturated heterocycles. The highest BCUT2D eigenvalue weighted by Gasteiger charge is 2.16. The van der Waals surface area contributed by atoms with E-state index in [1.165, 1.54) is 24.3 Å². The van der Waals surface area contributed by atoms with Gasteiger partial charge in [0.2, 0.25) is 23.3 Å². The molecular weight excluding hydrogens is 728 g/mol. The third-order valence-corrected chi connectivity index (χ3v) is 8.41. The van der Waals surface area contributed by atoms with E-state index in [9.17, 15) is 22.4 Å². The van der Waals surface area contributed by atoms with Gasteiger partial charge in [-0.2, -0.15) is 17.6 Å². The molecule has 0 atom stereocenters. The first-order chi connectivity index (χ1) is 27.3. The van der Waals surface area contributed by atoms with E-state index < -0.39 is 23.3 Å². The van der Waals surface area contributed by atoms with E-state index in [2.05, 4.69) is 0 Å². The predicted molar refractivity (Wildman–Crippen MR) is 210 cm³/mol. The van der Waals surface area contributed by atoms with Crippen molar-refractivity contribution in [1.82, 2.24) is 0 Å². The van der Waals surface area contributed by atoms with Crippen molar-refractivity contribution in [3.8, 4) is 34.5 Å². The third-order valence-electron chi connectivity index (χ3n) is 8.41. The van der Waals surface area contributed by atoms with E-state index in [0.717, 1.165) is 61.2 Å². The van der Waals surface area contributed by atoms with Crippen LogP contribution in [0.4, 0.5) is 17.6 Å². The molecule has 0 amide bonds. The maximum Gasteiger partial charge on any atom is 0.204 e. The zero-order valence-electron chi connectivity index (χ0n) is 32.0. The van der Waals surface area contributed by atoms with Crippen molar-refractivity contribution in [1.29, 1.82) is 0 Å². The van der Waals surface area contributed by atoms with E-state index in [1.54, 1.807) is 26.0 Å². The first-order valence-electron chi connectivity index (χ1n) is 19.1. The van der Waals surface area contributed by atoms with Crippen molar-refractivity contribution in [2.75, 3.05) is 39.6 Å². The molecule has 0 saturated carbocycles. The highest BCUT2D eigenvalue weighted by molar-refractivity contribution is 5.78. The molecule has 0 aliphatic rings. The number of carbonyl (C=O) groups is 1. The number of unbranched alkanes of at least 4 members (excludes halogenated alkanes) is 4. The van der Waals surface area contributed by atoms with Gasteiger partial charge in [0.1, 0.15) is 30.5 Å². The maximum atomic E-state index is 14.1. The second kappa shape index (κ2) is 24.1. The van der Waals surface area contributed by atoms with Gasteiger partial charge in [-0.05, 0) is 124 Å². The quantitative estimate of drug-likeness (QED) is 0.0464. The molecule has 0 aliphatic carbocycles. The minimum atomic E-state index is -1.08. The Morgan fingerprint density at radius 3 is 1.18 bits per heavy atom. The molecule has 0 aromatic heterocycles. The Morgan fingerprint density at radius 1 is 0.464 bits per heavy atom. The van der Waals surface area contributed by atoms with Crippen LogP contribution < -0.4 is 28.4 Å². The van der Waals surface area contributed by atoms with Crippen LogP contribution >= 0.6 is 0 Å². The Bertz CT molecular complexity index is 1710. The molecule has 4 rings (SSSR count). The van der Waals surface area contributed by atoms with Crippen LogP contribution in [-0.2, 0) is 4.79 Å². The molecule has 0 unspecified atom stereocenters. The second-order valence-electron chi connectivity index (χ2n) is 12.7. The summed E-state index contributed by atoms with van der Waals surface area (Å²) in [4.78, 5) is 12.3. The molecule has 11 heteroatoms. The minimum absolute atomic E-state index is 0.0714. The van der Waals surface area contributed by atoms with Crippen molar-refractivity contribution in [3.63, 3.8) is 0 Å². The summed E-state index contributed by atoms with van der Waals surface area (Å²) < 4.78 is 88.7. The zero-order chi connectivity index (χ0) is 40.0. The van der Waals surface area contributed by atoms with Crippen LogP contribution in [0.2, 0.25) is 0 Å². The molecule has 0 spiro atoms. The molecular formula is C45H50F4O7. The van der Waals surface area contributed by atoms with Gasteiger partial charge >= 0.3 is 0 Å². The molecule has 0 N–H and O–H groups in total. The van der Waals surface area contributed by atoms with E-state index in [-0.39, 0.29) is 55.2 Å². The summed E-state index contributed by atoms with van der Waals surface area (Å²) >= 11 is 0. The standard InChI is InChI=1S/C45H50F4O7/c1-3-51-38-25-27-40(44(48)42(38)46)55-31-11-13-33-17-21-36(22-18-33)53-29-9-5-7-15-35(50)16-8-6-10-30-54-37-23-19-34(20-24-37)14-12-32-56-41-28-26-39(52-4-2)43(47)45(41)49/h11-14,17-28H,3-10,15-16,29-32H2,1-2H3/b13-11+,14-12+. The molecule has 4 aromatic carbocycles. The summed E-state index contributed by atoms with van der Waals surface area (Å²) in [5.74, 6) is -3.15. The van der Waals surface area contributed by atoms with Crippen LogP contribution in [0, 0.1) is 23.3 Å². The number of Topliss-reactive ketones (excluding diaryl/α,β-unsaturated/α-hetero) is 1. The lowest BCUT2D eigenvalue weighted by Gasteiger charge is -2.09. The number of carbonyl (C=O) groups excluding carboxylic acids is 1. The average molecular weight is 779 g/mol. The van der Waals surface area contributed by atoms with Gasteiger partial charge in [-0.15, -0.1) is 0 Å². The van der Waals surface area contributed by atoms with E-state index in [4.69, 9.17) is 28.4 Å². The first kappa shape index (κ1) is 43.3. The smallest absolute Gasteiger partial charge is 0.204 e. The fraction of sp³-hybridized carbons (Fsp3) is 0.356. The minimum Gasteiger partial charge on any atom is -0.494 e. The lowest BCUT2D eigenvalue weighted by Crippen LogP contribution is -2.01. The molecule has 0 radical (unpaired) electrons. The topological polar surface area (TPSA) is 72.5 Å². The molecule has 7 nitrogen and oxygen atoms in total. The molecule has 56 heavy (non-hydrogen) atoms. The lowest BCUT2D eigenvalue weighted by molar-refractivity contribution is -0.119. The van der Waals surface area contributed by atoms with E-state index in [1.807, 2.05) is 60.7 Å². The first-order valence-corrected chi connectivity index (χ1v) is 19.1. The van der Waals surface area contributed by atoms with Crippen molar-refractivity contribution < 1.29 is 50.8 Å². The number of hydrogen-bond acceptors (Lipinski definition) is 7. The Morgan fingerprint density at radius 2 is 0.821 bits per heavy atom. The van der Waals surface area contributed by atoms with Gasteiger partial charge in [0.15, 0.2) is 23.0 Å². The molecule has 0 aliphatic heterocycles. The van der Waals surface area contributed by atoms with Gasteiger partial charge in [-0.25, -0.2) is 0 Å². The number of hydrogen-bond donors (Lipinski definition) is 0. The Balaban J connectivity index is 0.981. The van der Waals surface area contributed by atoms with E-state index >= 15 is 0 Å². The van der Waals surface area contributed by atoms with Gasteiger partial charge in [-0.1, -0.05) is 36.4 Å². The number of ether oxygens (including phenoxy) is 6. The Hall–Kier alpha value is -5.45. The monoisotopic (exact) mass is 778 g/mol. The highest BCUT2D eigenvalue weighted by atomic mass is 19.2. The van der Waals surface area contributed by atoms with Crippen LogP contribution in [0.3, 0.4) is 0 Å². The number of rotatable bonds is 26. The van der Waals surface area contributed by atoms with Gasteiger partial charge in [0.05, 0.1) is 26.4 Å². The summed E-state index contributed by atoms with van der Waals surface area (Å²) in [5.41, 5.74) is 1.82. The molecule has 300 valence electrons. The van der Waals surface area contributed by atoms with Crippen molar-refractivity contribution in [3.05, 3.63) is 119 Å². The van der Waals surface area contributed by atoms with Gasteiger partial charge < -0.3 is 28.4 Å². The summed E-state index contributed by atoms with van der Waals surface area (Å²) in [6, 6.07) is 20.4. The van der Waals surface area contributed by atoms with E-state index in [0.29, 0.717) is 26.1 Å². The Labute approximate surface area is 326 Å². The van der Waals surface area contributed by atoms with Crippen molar-refractivity contribution in [2.24, 2.45) is 0 Å². The SMILES string of the molecule is CCOc1ccc(OC/C=C/c2ccc(OCCCCCC(=O)CCCCCOc3ccc(/C=C/COc4ccc(OCC)c(F)c4F)cc3)cc2)c(F)c1F. The molecule has 0 heterocycles. The predicted octanol–water partition coefficient (Wildman–Crippen LogP) is 11.4. The van der Waals surface area contributed by atoms with Crippen molar-refractivity contribution >= 4 is 17.9 Å². The summed E-state index contributed by atoms with van der Waals surface area (Å²) in [7, 11) is 0. The van der Waals surface area contributed by atoms with Crippen LogP contribution in [0.5, 0.6) is 34.5 Å². The van der Waals surface area contributed by atoms with Crippen LogP contribution in [0.1, 0.15) is 76.3 Å². The second-order valence-corrected chi connectivity index (χ2v) is 12.7. The fourth-order valence-corrected chi connectivity index (χ4v) is 5.49. The van der Waals surface area contributed by atoms with Crippen LogP contribution in [0.15, 0.2) is 84.9 Å². The summed E-state index contributed by atoms with van der Waals surface area (Å²) in [6.45, 7) is 5.13. The highest BCUT2D eigenvalue weighted by Crippen LogP contribution is 2.29. The molecule has 4 aromatic rings.